The highest BCUT2D eigenvalue weighted by Crippen LogP contribution is 2.35. The van der Waals surface area contributed by atoms with Gasteiger partial charge < -0.3 is 20.5 Å². The summed E-state index contributed by atoms with van der Waals surface area (Å²) in [5.41, 5.74) is 8.96. The van der Waals surface area contributed by atoms with Crippen LogP contribution in [0.25, 0.3) is 22.3 Å². The number of nitrogens with zero attached hydrogens (tertiary/aromatic N) is 5. The number of ether oxygens (including phenoxy) is 1. The van der Waals surface area contributed by atoms with Crippen LogP contribution in [-0.4, -0.2) is 56.0 Å². The molecule has 0 atom stereocenters. The molecule has 0 unspecified atom stereocenters. The molecule has 3 N–H and O–H groups in total. The van der Waals surface area contributed by atoms with E-state index >= 15 is 0 Å². The van der Waals surface area contributed by atoms with Gasteiger partial charge in [-0.3, -0.25) is 0 Å². The second kappa shape index (κ2) is 14.2. The molecule has 212 valence electrons. The molecule has 0 radical (unpaired) electrons. The van der Waals surface area contributed by atoms with Crippen molar-refractivity contribution < 1.29 is 9.84 Å². The number of nitrogen functional groups attached to an aromatic ring is 1. The van der Waals surface area contributed by atoms with Gasteiger partial charge in [-0.25, -0.2) is 14.6 Å². The number of unbranched alkanes of at least 4 members (excludes halogenated alkanes) is 7. The summed E-state index contributed by atoms with van der Waals surface area (Å²) in [6.07, 6.45) is 13.5. The Balaban J connectivity index is 1.18. The quantitative estimate of drug-likeness (QED) is 0.173. The molecule has 1 saturated heterocycles. The van der Waals surface area contributed by atoms with Gasteiger partial charge in [-0.05, 0) is 68.6 Å². The van der Waals surface area contributed by atoms with Crippen LogP contribution in [0, 0.1) is 0 Å². The van der Waals surface area contributed by atoms with Crippen LogP contribution in [0.3, 0.4) is 0 Å². The Bertz CT molecular complexity index is 1320. The number of hydrogen-bond acceptors (Lipinski definition) is 7. The zero-order valence-corrected chi connectivity index (χ0v) is 23.4. The lowest BCUT2D eigenvalue weighted by atomic mass is 10.0. The van der Waals surface area contributed by atoms with Gasteiger partial charge in [0.15, 0.2) is 5.65 Å². The SMILES string of the molecule is Nc1ncnc2c1c(-c1ccc(Oc3ccccc3)cc1)nn2C1CCN(CCCCCCCCCCO)CC1. The van der Waals surface area contributed by atoms with Gasteiger partial charge in [-0.15, -0.1) is 0 Å². The molecule has 2 aromatic carbocycles. The second-order valence-corrected chi connectivity index (χ2v) is 10.8. The Hall–Kier alpha value is -3.49. The van der Waals surface area contributed by atoms with Crippen LogP contribution in [0.4, 0.5) is 5.82 Å². The number of aliphatic hydroxyl groups excluding tert-OH is 1. The minimum Gasteiger partial charge on any atom is -0.457 e. The minimum absolute atomic E-state index is 0.293. The molecule has 0 bridgehead atoms. The topological polar surface area (TPSA) is 102 Å². The molecule has 3 heterocycles. The first kappa shape index (κ1) is 28.1. The van der Waals surface area contributed by atoms with Crippen LogP contribution in [0.15, 0.2) is 60.9 Å². The van der Waals surface area contributed by atoms with Crippen molar-refractivity contribution in [3.8, 4) is 22.8 Å². The number of nitrogens with two attached hydrogens (primary N) is 1. The second-order valence-electron chi connectivity index (χ2n) is 10.8. The minimum atomic E-state index is 0.293. The molecule has 5 rings (SSSR count). The van der Waals surface area contributed by atoms with Crippen molar-refractivity contribution in [3.63, 3.8) is 0 Å². The summed E-state index contributed by atoms with van der Waals surface area (Å²) in [7, 11) is 0. The first-order chi connectivity index (χ1) is 19.7. The Morgan fingerprint density at radius 2 is 1.45 bits per heavy atom. The zero-order valence-electron chi connectivity index (χ0n) is 23.4. The summed E-state index contributed by atoms with van der Waals surface area (Å²) in [6.45, 7) is 3.66. The number of rotatable bonds is 14. The first-order valence-electron chi connectivity index (χ1n) is 14.9. The number of para-hydroxylation sites is 1. The standard InChI is InChI=1S/C32H42N6O2/c33-31-29-30(25-14-16-28(17-15-25)40-27-12-8-7-9-13-27)36-38(32(29)35-24-34-31)26-18-21-37(22-19-26)20-10-5-3-1-2-4-6-11-23-39/h7-9,12-17,24,26,39H,1-6,10-11,18-23H2,(H2,33,34,35). The molecule has 2 aromatic heterocycles. The summed E-state index contributed by atoms with van der Waals surface area (Å²) in [5, 5.41) is 14.8. The van der Waals surface area contributed by atoms with Crippen molar-refractivity contribution in [3.05, 3.63) is 60.9 Å². The average molecular weight is 543 g/mol. The van der Waals surface area contributed by atoms with E-state index in [1.165, 1.54) is 51.4 Å². The monoisotopic (exact) mass is 542 g/mol. The predicted molar refractivity (Wildman–Crippen MR) is 160 cm³/mol. The van der Waals surface area contributed by atoms with Gasteiger partial charge in [-0.2, -0.15) is 5.10 Å². The molecule has 0 aliphatic carbocycles. The van der Waals surface area contributed by atoms with Crippen LogP contribution in [-0.2, 0) is 0 Å². The highest BCUT2D eigenvalue weighted by atomic mass is 16.5. The molecule has 40 heavy (non-hydrogen) atoms. The van der Waals surface area contributed by atoms with Crippen LogP contribution in [0.2, 0.25) is 0 Å². The number of benzene rings is 2. The van der Waals surface area contributed by atoms with Crippen molar-refractivity contribution in [2.45, 2.75) is 70.3 Å². The third-order valence-corrected chi connectivity index (χ3v) is 7.91. The normalized spacial score (nSPS) is 14.6. The molecule has 8 nitrogen and oxygen atoms in total. The number of aliphatic hydroxyl groups is 1. The molecular formula is C32H42N6O2. The smallest absolute Gasteiger partial charge is 0.164 e. The van der Waals surface area contributed by atoms with Gasteiger partial charge in [0.1, 0.15) is 29.3 Å². The van der Waals surface area contributed by atoms with Gasteiger partial charge in [0.05, 0.1) is 11.4 Å². The number of anilines is 1. The lowest BCUT2D eigenvalue weighted by Crippen LogP contribution is -2.35. The third kappa shape index (κ3) is 7.17. The summed E-state index contributed by atoms with van der Waals surface area (Å²) in [4.78, 5) is 11.5. The molecule has 0 saturated carbocycles. The highest BCUT2D eigenvalue weighted by molar-refractivity contribution is 5.98. The number of likely N-dealkylation sites (tertiary alicyclic amines) is 1. The van der Waals surface area contributed by atoms with Gasteiger partial charge in [0.25, 0.3) is 0 Å². The van der Waals surface area contributed by atoms with Gasteiger partial charge in [0, 0.05) is 25.3 Å². The van der Waals surface area contributed by atoms with E-state index in [2.05, 4.69) is 19.5 Å². The van der Waals surface area contributed by atoms with E-state index in [-0.39, 0.29) is 0 Å². The molecule has 0 spiro atoms. The van der Waals surface area contributed by atoms with Crippen molar-refractivity contribution in [1.82, 2.24) is 24.6 Å². The largest absolute Gasteiger partial charge is 0.457 e. The fourth-order valence-electron chi connectivity index (χ4n) is 5.65. The average Bonchev–Trinajstić information content (AvgIpc) is 3.39. The molecule has 1 fully saturated rings. The molecule has 1 aliphatic heterocycles. The van der Waals surface area contributed by atoms with Crippen molar-refractivity contribution in [2.75, 3.05) is 32.0 Å². The van der Waals surface area contributed by atoms with Crippen molar-refractivity contribution in [2.24, 2.45) is 0 Å². The van der Waals surface area contributed by atoms with Crippen LogP contribution in [0.1, 0.15) is 70.3 Å². The summed E-state index contributed by atoms with van der Waals surface area (Å²) in [6, 6.07) is 18.0. The van der Waals surface area contributed by atoms with Crippen molar-refractivity contribution in [1.29, 1.82) is 0 Å². The van der Waals surface area contributed by atoms with E-state index in [0.717, 1.165) is 72.6 Å². The number of piperidine rings is 1. The van der Waals surface area contributed by atoms with Crippen molar-refractivity contribution >= 4 is 16.9 Å². The fourth-order valence-corrected chi connectivity index (χ4v) is 5.65. The van der Waals surface area contributed by atoms with E-state index < -0.39 is 0 Å². The van der Waals surface area contributed by atoms with Gasteiger partial charge >= 0.3 is 0 Å². The van der Waals surface area contributed by atoms with Gasteiger partial charge in [-0.1, -0.05) is 56.7 Å². The Labute approximate surface area is 237 Å². The molecule has 4 aromatic rings. The maximum atomic E-state index is 8.87. The van der Waals surface area contributed by atoms with Crippen LogP contribution in [0.5, 0.6) is 11.5 Å². The Morgan fingerprint density at radius 1 is 0.800 bits per heavy atom. The Kier molecular flexibility index (Phi) is 9.98. The highest BCUT2D eigenvalue weighted by Gasteiger charge is 2.26. The molecule has 0 amide bonds. The van der Waals surface area contributed by atoms with Crippen LogP contribution < -0.4 is 10.5 Å². The zero-order chi connectivity index (χ0) is 27.6. The van der Waals surface area contributed by atoms with E-state index in [4.69, 9.17) is 20.7 Å². The van der Waals surface area contributed by atoms with E-state index in [1.807, 2.05) is 54.6 Å². The van der Waals surface area contributed by atoms with Crippen LogP contribution >= 0.6 is 0 Å². The van der Waals surface area contributed by atoms with E-state index in [9.17, 15) is 0 Å². The maximum absolute atomic E-state index is 8.87. The predicted octanol–water partition coefficient (Wildman–Crippen LogP) is 6.62. The van der Waals surface area contributed by atoms with E-state index in [1.54, 1.807) is 0 Å². The molecule has 1 aliphatic rings. The summed E-state index contributed by atoms with van der Waals surface area (Å²) >= 11 is 0. The number of aromatic nitrogens is 4. The Morgan fingerprint density at radius 3 is 2.15 bits per heavy atom. The number of fused-ring (bicyclic) bond motifs is 1. The summed E-state index contributed by atoms with van der Waals surface area (Å²) < 4.78 is 8.06. The van der Waals surface area contributed by atoms with E-state index in [0.29, 0.717) is 18.5 Å². The first-order valence-corrected chi connectivity index (χ1v) is 14.9. The number of hydrogen-bond donors (Lipinski definition) is 2. The summed E-state index contributed by atoms with van der Waals surface area (Å²) in [5.74, 6) is 2.04. The lowest BCUT2D eigenvalue weighted by Gasteiger charge is -2.32. The third-order valence-electron chi connectivity index (χ3n) is 7.91. The molecular weight excluding hydrogens is 500 g/mol. The maximum Gasteiger partial charge on any atom is 0.164 e. The fraction of sp³-hybridized carbons (Fsp3) is 0.469. The molecule has 8 heteroatoms. The van der Waals surface area contributed by atoms with Gasteiger partial charge in [0.2, 0.25) is 0 Å². The lowest BCUT2D eigenvalue weighted by molar-refractivity contribution is 0.179.